The molecule has 0 spiro atoms. The number of carbonyl (C=O) groups excluding carboxylic acids is 2. The molecule has 1 saturated heterocycles. The Hall–Kier alpha value is -1.26. The summed E-state index contributed by atoms with van der Waals surface area (Å²) in [6, 6.07) is 0. The van der Waals surface area contributed by atoms with Gasteiger partial charge in [0.05, 0.1) is 6.61 Å². The molecule has 1 N–H and O–H groups in total. The zero-order valence-electron chi connectivity index (χ0n) is 13.9. The lowest BCUT2D eigenvalue weighted by Gasteiger charge is -2.56. The van der Waals surface area contributed by atoms with Crippen LogP contribution in [0.3, 0.4) is 0 Å². The lowest BCUT2D eigenvalue weighted by Crippen LogP contribution is -2.48. The summed E-state index contributed by atoms with van der Waals surface area (Å²) in [6.45, 7) is 2.36. The molecule has 0 aromatic rings. The first-order chi connectivity index (χ1) is 11.1. The number of cyclic esters (lactones) is 1. The van der Waals surface area contributed by atoms with Crippen LogP contribution in [0.15, 0.2) is 0 Å². The second-order valence-electron chi connectivity index (χ2n) is 8.40. The predicted octanol–water partition coefficient (Wildman–Crippen LogP) is 2.55. The topological polar surface area (TPSA) is 58.6 Å². The molecule has 0 aromatic carbocycles. The van der Waals surface area contributed by atoms with Gasteiger partial charge in [0.1, 0.15) is 0 Å². The molecule has 5 heteroatoms. The summed E-state index contributed by atoms with van der Waals surface area (Å²) in [5.74, 6) is 2.84. The molecule has 2 amide bonds. The average molecular weight is 320 g/mol. The first kappa shape index (κ1) is 15.3. The normalized spacial score (nSPS) is 38.5. The van der Waals surface area contributed by atoms with E-state index in [-0.39, 0.29) is 12.0 Å². The maximum Gasteiger partial charge on any atom is 0.409 e. The standard InChI is InChI=1S/C18H28N2O3/c21-16(19-2-4-20-3-1-5-23-17(20)22)12-18-9-13-6-14(10-18)8-15(7-13)11-18/h13-15H,1-12H2,(H,19,21). The third-order valence-electron chi connectivity index (χ3n) is 6.46. The molecule has 4 bridgehead atoms. The molecule has 23 heavy (non-hydrogen) atoms. The fourth-order valence-electron chi connectivity index (χ4n) is 6.04. The Balaban J connectivity index is 1.25. The molecule has 5 aliphatic rings. The monoisotopic (exact) mass is 320 g/mol. The number of amides is 2. The second-order valence-corrected chi connectivity index (χ2v) is 8.40. The van der Waals surface area contributed by atoms with Crippen LogP contribution < -0.4 is 5.32 Å². The zero-order valence-corrected chi connectivity index (χ0v) is 13.9. The Bertz CT molecular complexity index is 455. The maximum atomic E-state index is 12.4. The third-order valence-corrected chi connectivity index (χ3v) is 6.46. The van der Waals surface area contributed by atoms with E-state index in [1.54, 1.807) is 4.90 Å². The lowest BCUT2D eigenvalue weighted by atomic mass is 9.49. The Labute approximate surface area is 138 Å². The number of carbonyl (C=O) groups is 2. The smallest absolute Gasteiger partial charge is 0.409 e. The van der Waals surface area contributed by atoms with Gasteiger partial charge in [-0.2, -0.15) is 0 Å². The summed E-state index contributed by atoms with van der Waals surface area (Å²) in [7, 11) is 0. The fraction of sp³-hybridized carbons (Fsp3) is 0.889. The highest BCUT2D eigenvalue weighted by molar-refractivity contribution is 5.77. The minimum atomic E-state index is -0.244. The lowest BCUT2D eigenvalue weighted by molar-refractivity contribution is -0.129. The Morgan fingerprint density at radius 3 is 2.43 bits per heavy atom. The molecule has 5 nitrogen and oxygen atoms in total. The van der Waals surface area contributed by atoms with Crippen LogP contribution in [0, 0.1) is 23.2 Å². The molecule has 4 aliphatic carbocycles. The summed E-state index contributed by atoms with van der Waals surface area (Å²) in [5, 5.41) is 3.04. The number of hydrogen-bond donors (Lipinski definition) is 1. The predicted molar refractivity (Wildman–Crippen MR) is 85.8 cm³/mol. The van der Waals surface area contributed by atoms with Crippen LogP contribution in [-0.4, -0.2) is 43.1 Å². The van der Waals surface area contributed by atoms with Crippen molar-refractivity contribution >= 4 is 12.0 Å². The molecule has 5 fully saturated rings. The van der Waals surface area contributed by atoms with Crippen LogP contribution in [0.2, 0.25) is 0 Å². The molecule has 0 radical (unpaired) electrons. The molecular weight excluding hydrogens is 292 g/mol. The van der Waals surface area contributed by atoms with E-state index < -0.39 is 0 Å². The number of ether oxygens (including phenoxy) is 1. The Morgan fingerprint density at radius 1 is 1.17 bits per heavy atom. The average Bonchev–Trinajstić information content (AvgIpc) is 2.47. The van der Waals surface area contributed by atoms with Crippen LogP contribution in [0.4, 0.5) is 4.79 Å². The van der Waals surface area contributed by atoms with Crippen molar-refractivity contribution in [3.05, 3.63) is 0 Å². The SMILES string of the molecule is O=C(CC12CC3CC(CC(C3)C1)C2)NCCN1CCCOC1=O. The summed E-state index contributed by atoms with van der Waals surface area (Å²) in [5.41, 5.74) is 0.295. The van der Waals surface area contributed by atoms with Crippen LogP contribution >= 0.6 is 0 Å². The summed E-state index contributed by atoms with van der Waals surface area (Å²) >= 11 is 0. The number of hydrogen-bond acceptors (Lipinski definition) is 3. The first-order valence-corrected chi connectivity index (χ1v) is 9.30. The number of rotatable bonds is 5. The Morgan fingerprint density at radius 2 is 1.83 bits per heavy atom. The van der Waals surface area contributed by atoms with E-state index in [2.05, 4.69) is 5.32 Å². The van der Waals surface area contributed by atoms with Crippen molar-refractivity contribution in [3.63, 3.8) is 0 Å². The highest BCUT2D eigenvalue weighted by Crippen LogP contribution is 2.61. The molecule has 128 valence electrons. The highest BCUT2D eigenvalue weighted by Gasteiger charge is 2.51. The third kappa shape index (κ3) is 3.20. The van der Waals surface area contributed by atoms with Gasteiger partial charge < -0.3 is 15.0 Å². The first-order valence-electron chi connectivity index (χ1n) is 9.30. The molecule has 0 atom stereocenters. The molecule has 0 unspecified atom stereocenters. The van der Waals surface area contributed by atoms with Crippen molar-refractivity contribution in [1.29, 1.82) is 0 Å². The van der Waals surface area contributed by atoms with E-state index in [0.29, 0.717) is 31.5 Å². The van der Waals surface area contributed by atoms with E-state index in [9.17, 15) is 9.59 Å². The summed E-state index contributed by atoms with van der Waals surface area (Å²) in [6.07, 6.45) is 9.38. The van der Waals surface area contributed by atoms with Gasteiger partial charge in [0.2, 0.25) is 5.91 Å². The molecule has 5 rings (SSSR count). The van der Waals surface area contributed by atoms with Crippen LogP contribution in [0.5, 0.6) is 0 Å². The minimum absolute atomic E-state index is 0.178. The van der Waals surface area contributed by atoms with E-state index >= 15 is 0 Å². The van der Waals surface area contributed by atoms with Gasteiger partial charge in [-0.05, 0) is 68.1 Å². The number of nitrogens with zero attached hydrogens (tertiary/aromatic N) is 1. The van der Waals surface area contributed by atoms with Gasteiger partial charge >= 0.3 is 6.09 Å². The van der Waals surface area contributed by atoms with Gasteiger partial charge in [-0.1, -0.05) is 0 Å². The van der Waals surface area contributed by atoms with Gasteiger partial charge in [-0.3, -0.25) is 4.79 Å². The number of nitrogens with one attached hydrogen (secondary N) is 1. The zero-order chi connectivity index (χ0) is 15.9. The maximum absolute atomic E-state index is 12.4. The van der Waals surface area contributed by atoms with Gasteiger partial charge in [-0.25, -0.2) is 4.79 Å². The second kappa shape index (κ2) is 5.99. The van der Waals surface area contributed by atoms with Crippen LogP contribution in [0.25, 0.3) is 0 Å². The van der Waals surface area contributed by atoms with E-state index in [0.717, 1.165) is 30.7 Å². The summed E-state index contributed by atoms with van der Waals surface area (Å²) < 4.78 is 5.01. The highest BCUT2D eigenvalue weighted by atomic mass is 16.6. The van der Waals surface area contributed by atoms with Crippen molar-refractivity contribution in [2.24, 2.45) is 23.2 Å². The van der Waals surface area contributed by atoms with Crippen LogP contribution in [-0.2, 0) is 9.53 Å². The van der Waals surface area contributed by atoms with Gasteiger partial charge in [0, 0.05) is 26.1 Å². The summed E-state index contributed by atoms with van der Waals surface area (Å²) in [4.78, 5) is 25.7. The van der Waals surface area contributed by atoms with E-state index in [1.807, 2.05) is 0 Å². The largest absolute Gasteiger partial charge is 0.449 e. The fourth-order valence-corrected chi connectivity index (χ4v) is 6.04. The van der Waals surface area contributed by atoms with Crippen molar-refractivity contribution in [1.82, 2.24) is 10.2 Å². The van der Waals surface area contributed by atoms with Crippen molar-refractivity contribution in [2.45, 2.75) is 51.4 Å². The van der Waals surface area contributed by atoms with E-state index in [1.165, 1.54) is 38.5 Å². The van der Waals surface area contributed by atoms with Crippen LogP contribution in [0.1, 0.15) is 51.4 Å². The molecular formula is C18H28N2O3. The van der Waals surface area contributed by atoms with Gasteiger partial charge in [0.15, 0.2) is 0 Å². The quantitative estimate of drug-likeness (QED) is 0.847. The molecule has 1 heterocycles. The molecule has 4 saturated carbocycles. The molecule has 1 aliphatic heterocycles. The minimum Gasteiger partial charge on any atom is -0.449 e. The van der Waals surface area contributed by atoms with Gasteiger partial charge in [0.25, 0.3) is 0 Å². The van der Waals surface area contributed by atoms with Gasteiger partial charge in [-0.15, -0.1) is 0 Å². The molecule has 0 aromatic heterocycles. The van der Waals surface area contributed by atoms with E-state index in [4.69, 9.17) is 4.74 Å². The van der Waals surface area contributed by atoms with Crippen molar-refractivity contribution in [2.75, 3.05) is 26.2 Å². The Kier molecular flexibility index (Phi) is 3.98. The van der Waals surface area contributed by atoms with Crippen molar-refractivity contribution in [3.8, 4) is 0 Å². The van der Waals surface area contributed by atoms with Crippen molar-refractivity contribution < 1.29 is 14.3 Å².